The molecule has 0 aliphatic carbocycles. The minimum Gasteiger partial charge on any atom is -0.326 e. The maximum Gasteiger partial charge on any atom is 0.263 e. The Kier molecular flexibility index (Phi) is 3.55. The second-order valence-corrected chi connectivity index (χ2v) is 5.82. The van der Waals surface area contributed by atoms with Crippen LogP contribution in [0.3, 0.4) is 0 Å². The number of nitrogens with two attached hydrogens (primary N) is 1. The van der Waals surface area contributed by atoms with Crippen LogP contribution in [0.4, 0.5) is 9.52 Å². The van der Waals surface area contributed by atoms with E-state index in [0.717, 1.165) is 23.5 Å². The van der Waals surface area contributed by atoms with Crippen molar-refractivity contribution >= 4 is 26.5 Å². The van der Waals surface area contributed by atoms with Gasteiger partial charge in [0.2, 0.25) is 5.13 Å². The average molecular weight is 288 g/mol. The van der Waals surface area contributed by atoms with Crippen LogP contribution in [0.5, 0.6) is 0 Å². The molecule has 18 heavy (non-hydrogen) atoms. The average Bonchev–Trinajstić information content (AvgIpc) is 2.81. The fourth-order valence-corrected chi connectivity index (χ4v) is 3.01. The van der Waals surface area contributed by atoms with Gasteiger partial charge in [0, 0.05) is 12.1 Å². The molecular formula is C9H9FN4O2S2. The monoisotopic (exact) mass is 288 g/mol. The summed E-state index contributed by atoms with van der Waals surface area (Å²) in [7, 11) is -3.80. The standard InChI is InChI=1S/C9H9FN4O2S2/c10-8-2-1-7(3-6(8)4-11)18(15,16)14-9-13-12-5-17-9/h1-3,5H,4,11H2,(H,13,14). The second-order valence-electron chi connectivity index (χ2n) is 3.31. The molecule has 96 valence electrons. The highest BCUT2D eigenvalue weighted by molar-refractivity contribution is 7.93. The second kappa shape index (κ2) is 4.96. The van der Waals surface area contributed by atoms with Crippen LogP contribution >= 0.6 is 11.3 Å². The van der Waals surface area contributed by atoms with Gasteiger partial charge in [-0.1, -0.05) is 11.3 Å². The third kappa shape index (κ3) is 2.63. The zero-order valence-corrected chi connectivity index (χ0v) is 10.6. The van der Waals surface area contributed by atoms with Crippen molar-refractivity contribution in [3.8, 4) is 0 Å². The van der Waals surface area contributed by atoms with Crippen LogP contribution in [0, 0.1) is 5.82 Å². The van der Waals surface area contributed by atoms with E-state index in [1.807, 2.05) is 0 Å². The van der Waals surface area contributed by atoms with Crippen LogP contribution in [-0.2, 0) is 16.6 Å². The Hall–Kier alpha value is -1.58. The molecule has 0 saturated heterocycles. The summed E-state index contributed by atoms with van der Waals surface area (Å²) in [6.07, 6.45) is 0. The summed E-state index contributed by atoms with van der Waals surface area (Å²) in [6, 6.07) is 3.42. The van der Waals surface area contributed by atoms with Crippen molar-refractivity contribution < 1.29 is 12.8 Å². The van der Waals surface area contributed by atoms with Crippen molar-refractivity contribution in [2.45, 2.75) is 11.4 Å². The lowest BCUT2D eigenvalue weighted by atomic mass is 10.2. The first-order valence-corrected chi connectivity index (χ1v) is 7.16. The topological polar surface area (TPSA) is 98.0 Å². The zero-order chi connectivity index (χ0) is 13.2. The van der Waals surface area contributed by atoms with Gasteiger partial charge in [-0.05, 0) is 18.2 Å². The Balaban J connectivity index is 2.35. The fourth-order valence-electron chi connectivity index (χ4n) is 1.27. The Morgan fingerprint density at radius 3 is 2.83 bits per heavy atom. The van der Waals surface area contributed by atoms with E-state index < -0.39 is 15.8 Å². The Bertz CT molecular complexity index is 643. The van der Waals surface area contributed by atoms with Crippen LogP contribution < -0.4 is 10.5 Å². The molecule has 0 fully saturated rings. The first kappa shape index (κ1) is 12.9. The first-order chi connectivity index (χ1) is 8.53. The highest BCUT2D eigenvalue weighted by atomic mass is 32.2. The Labute approximate surface area is 107 Å². The molecule has 0 unspecified atom stereocenters. The molecule has 9 heteroatoms. The zero-order valence-electron chi connectivity index (χ0n) is 9.00. The van der Waals surface area contributed by atoms with Gasteiger partial charge in [0.05, 0.1) is 4.90 Å². The van der Waals surface area contributed by atoms with Crippen molar-refractivity contribution in [2.24, 2.45) is 5.73 Å². The first-order valence-electron chi connectivity index (χ1n) is 4.80. The number of rotatable bonds is 4. The molecule has 0 amide bonds. The molecule has 0 bridgehead atoms. The molecule has 0 aliphatic rings. The summed E-state index contributed by atoms with van der Waals surface area (Å²) in [6.45, 7) is -0.0754. The van der Waals surface area contributed by atoms with E-state index in [9.17, 15) is 12.8 Å². The smallest absolute Gasteiger partial charge is 0.263 e. The molecular weight excluding hydrogens is 279 g/mol. The van der Waals surface area contributed by atoms with Crippen LogP contribution in [0.2, 0.25) is 0 Å². The van der Waals surface area contributed by atoms with Gasteiger partial charge in [0.1, 0.15) is 11.3 Å². The van der Waals surface area contributed by atoms with Crippen molar-refractivity contribution in [1.82, 2.24) is 10.2 Å². The minimum atomic E-state index is -3.80. The predicted molar refractivity (Wildman–Crippen MR) is 65.0 cm³/mol. The largest absolute Gasteiger partial charge is 0.326 e. The SMILES string of the molecule is NCc1cc(S(=O)(=O)Nc2nncs2)ccc1F. The van der Waals surface area contributed by atoms with Crippen LogP contribution in [0.25, 0.3) is 0 Å². The number of aromatic nitrogens is 2. The molecule has 0 atom stereocenters. The van der Waals surface area contributed by atoms with E-state index in [1.165, 1.54) is 11.6 Å². The molecule has 1 aromatic carbocycles. The maximum absolute atomic E-state index is 13.2. The van der Waals surface area contributed by atoms with Gasteiger partial charge < -0.3 is 5.73 Å². The normalized spacial score (nSPS) is 11.4. The number of anilines is 1. The lowest BCUT2D eigenvalue weighted by Crippen LogP contribution is -2.14. The summed E-state index contributed by atoms with van der Waals surface area (Å²) < 4.78 is 39.3. The molecule has 2 aromatic rings. The fraction of sp³-hybridized carbons (Fsp3) is 0.111. The molecule has 0 spiro atoms. The quantitative estimate of drug-likeness (QED) is 0.872. The molecule has 6 nitrogen and oxygen atoms in total. The molecule has 3 N–H and O–H groups in total. The molecule has 1 heterocycles. The molecule has 2 rings (SSSR count). The van der Waals surface area contributed by atoms with Gasteiger partial charge in [-0.25, -0.2) is 12.8 Å². The number of sulfonamides is 1. The predicted octanol–water partition coefficient (Wildman–Crippen LogP) is 0.937. The number of halogens is 1. The highest BCUT2D eigenvalue weighted by Gasteiger charge is 2.17. The Morgan fingerprint density at radius 2 is 2.22 bits per heavy atom. The van der Waals surface area contributed by atoms with Crippen LogP contribution in [0.1, 0.15) is 5.56 Å². The van der Waals surface area contributed by atoms with Gasteiger partial charge in [0.15, 0.2) is 0 Å². The van der Waals surface area contributed by atoms with E-state index in [-0.39, 0.29) is 22.1 Å². The van der Waals surface area contributed by atoms with Gasteiger partial charge in [-0.15, -0.1) is 10.2 Å². The summed E-state index contributed by atoms with van der Waals surface area (Å²) in [5.74, 6) is -0.535. The molecule has 0 aliphatic heterocycles. The van der Waals surface area contributed by atoms with Gasteiger partial charge in [-0.2, -0.15) is 0 Å². The number of nitrogens with one attached hydrogen (secondary N) is 1. The van der Waals surface area contributed by atoms with E-state index in [1.54, 1.807) is 0 Å². The summed E-state index contributed by atoms with van der Waals surface area (Å²) in [4.78, 5) is -0.0699. The third-order valence-corrected chi connectivity index (χ3v) is 4.20. The van der Waals surface area contributed by atoms with E-state index >= 15 is 0 Å². The van der Waals surface area contributed by atoms with E-state index in [2.05, 4.69) is 14.9 Å². The van der Waals surface area contributed by atoms with Crippen molar-refractivity contribution in [1.29, 1.82) is 0 Å². The lowest BCUT2D eigenvalue weighted by Gasteiger charge is -2.06. The molecule has 0 radical (unpaired) electrons. The van der Waals surface area contributed by atoms with Gasteiger partial charge in [-0.3, -0.25) is 4.72 Å². The Morgan fingerprint density at radius 1 is 1.44 bits per heavy atom. The van der Waals surface area contributed by atoms with E-state index in [0.29, 0.717) is 0 Å². The summed E-state index contributed by atoms with van der Waals surface area (Å²) >= 11 is 1.05. The van der Waals surface area contributed by atoms with Crippen molar-refractivity contribution in [2.75, 3.05) is 4.72 Å². The maximum atomic E-state index is 13.2. The van der Waals surface area contributed by atoms with E-state index in [4.69, 9.17) is 5.73 Å². The van der Waals surface area contributed by atoms with Gasteiger partial charge in [0.25, 0.3) is 10.0 Å². The van der Waals surface area contributed by atoms with Crippen molar-refractivity contribution in [3.63, 3.8) is 0 Å². The third-order valence-electron chi connectivity index (χ3n) is 2.13. The summed E-state index contributed by atoms with van der Waals surface area (Å²) in [5, 5.41) is 7.22. The summed E-state index contributed by atoms with van der Waals surface area (Å²) in [5.41, 5.74) is 6.85. The number of hydrogen-bond donors (Lipinski definition) is 2. The lowest BCUT2D eigenvalue weighted by molar-refractivity contribution is 0.596. The minimum absolute atomic E-state index is 0.0699. The molecule has 0 saturated carbocycles. The van der Waals surface area contributed by atoms with Crippen LogP contribution in [0.15, 0.2) is 28.6 Å². The highest BCUT2D eigenvalue weighted by Crippen LogP contribution is 2.19. The molecule has 1 aromatic heterocycles. The van der Waals surface area contributed by atoms with Gasteiger partial charge >= 0.3 is 0 Å². The van der Waals surface area contributed by atoms with Crippen molar-refractivity contribution in [3.05, 3.63) is 35.1 Å². The van der Waals surface area contributed by atoms with Crippen LogP contribution in [-0.4, -0.2) is 18.6 Å². The number of hydrogen-bond acceptors (Lipinski definition) is 6. The number of nitrogens with zero attached hydrogens (tertiary/aromatic N) is 2. The number of benzene rings is 1.